The SMILES string of the molecule is C[C@@H](NCc1cnc2ccccc2n1)c1ccc(Cl)cc1. The van der Waals surface area contributed by atoms with Gasteiger partial charge in [-0.2, -0.15) is 0 Å². The zero-order valence-electron chi connectivity index (χ0n) is 11.8. The first kappa shape index (κ1) is 14.0. The molecule has 1 N–H and O–H groups in total. The summed E-state index contributed by atoms with van der Waals surface area (Å²) in [6.07, 6.45) is 1.82. The molecule has 1 atom stereocenters. The first-order valence-corrected chi connectivity index (χ1v) is 7.30. The number of fused-ring (bicyclic) bond motifs is 1. The Morgan fingerprint density at radius 2 is 1.76 bits per heavy atom. The van der Waals surface area contributed by atoms with E-state index in [1.807, 2.05) is 54.7 Å². The molecule has 1 aromatic heterocycles. The predicted molar refractivity (Wildman–Crippen MR) is 86.2 cm³/mol. The smallest absolute Gasteiger partial charge is 0.0890 e. The molecule has 0 radical (unpaired) electrons. The molecule has 0 aliphatic heterocycles. The van der Waals surface area contributed by atoms with E-state index in [1.54, 1.807) is 0 Å². The van der Waals surface area contributed by atoms with Crippen LogP contribution in [0.2, 0.25) is 5.02 Å². The molecule has 3 nitrogen and oxygen atoms in total. The molecule has 3 aromatic rings. The summed E-state index contributed by atoms with van der Waals surface area (Å²) in [5, 5.41) is 4.21. The Morgan fingerprint density at radius 3 is 2.52 bits per heavy atom. The molecule has 0 spiro atoms. The molecule has 0 fully saturated rings. The van der Waals surface area contributed by atoms with E-state index >= 15 is 0 Å². The average molecular weight is 298 g/mol. The molecule has 3 rings (SSSR count). The highest BCUT2D eigenvalue weighted by Crippen LogP contribution is 2.16. The zero-order chi connectivity index (χ0) is 14.7. The molecular formula is C17H16ClN3. The number of hydrogen-bond acceptors (Lipinski definition) is 3. The number of nitrogens with zero attached hydrogens (tertiary/aromatic N) is 2. The number of halogens is 1. The molecule has 0 saturated heterocycles. The van der Waals surface area contributed by atoms with Gasteiger partial charge in [0.05, 0.1) is 22.9 Å². The summed E-state index contributed by atoms with van der Waals surface area (Å²) in [6, 6.07) is 16.0. The van der Waals surface area contributed by atoms with E-state index < -0.39 is 0 Å². The molecule has 1 heterocycles. The van der Waals surface area contributed by atoms with Crippen molar-refractivity contribution in [3.63, 3.8) is 0 Å². The summed E-state index contributed by atoms with van der Waals surface area (Å²) in [5.74, 6) is 0. The second-order valence-electron chi connectivity index (χ2n) is 5.00. The molecule has 21 heavy (non-hydrogen) atoms. The second-order valence-corrected chi connectivity index (χ2v) is 5.44. The predicted octanol–water partition coefficient (Wildman–Crippen LogP) is 4.13. The van der Waals surface area contributed by atoms with Gasteiger partial charge in [0.1, 0.15) is 0 Å². The Hall–Kier alpha value is -1.97. The Bertz CT molecular complexity index is 740. The van der Waals surface area contributed by atoms with E-state index in [2.05, 4.69) is 22.2 Å². The third-order valence-corrected chi connectivity index (χ3v) is 3.71. The third kappa shape index (κ3) is 3.38. The molecule has 0 unspecified atom stereocenters. The molecule has 0 aliphatic carbocycles. The van der Waals surface area contributed by atoms with Crippen molar-refractivity contribution in [2.45, 2.75) is 19.5 Å². The van der Waals surface area contributed by atoms with Gasteiger partial charge >= 0.3 is 0 Å². The first-order valence-electron chi connectivity index (χ1n) is 6.92. The fraction of sp³-hybridized carbons (Fsp3) is 0.176. The minimum atomic E-state index is 0.232. The van der Waals surface area contributed by atoms with Crippen molar-refractivity contribution in [2.75, 3.05) is 0 Å². The quantitative estimate of drug-likeness (QED) is 0.786. The van der Waals surface area contributed by atoms with E-state index in [-0.39, 0.29) is 6.04 Å². The van der Waals surface area contributed by atoms with E-state index in [0.29, 0.717) is 6.54 Å². The molecule has 0 saturated carbocycles. The molecule has 0 bridgehead atoms. The van der Waals surface area contributed by atoms with Gasteiger partial charge in [0.2, 0.25) is 0 Å². The lowest BCUT2D eigenvalue weighted by Gasteiger charge is -2.14. The van der Waals surface area contributed by atoms with Gasteiger partial charge in [0, 0.05) is 17.6 Å². The van der Waals surface area contributed by atoms with Crippen LogP contribution in [0.15, 0.2) is 54.7 Å². The van der Waals surface area contributed by atoms with Crippen LogP contribution in [0.5, 0.6) is 0 Å². The lowest BCUT2D eigenvalue weighted by molar-refractivity contribution is 0.568. The fourth-order valence-electron chi connectivity index (χ4n) is 2.21. The summed E-state index contributed by atoms with van der Waals surface area (Å²) in [6.45, 7) is 2.80. The number of para-hydroxylation sites is 2. The van der Waals surface area contributed by atoms with Crippen molar-refractivity contribution in [3.05, 3.63) is 71.0 Å². The minimum absolute atomic E-state index is 0.232. The summed E-state index contributed by atoms with van der Waals surface area (Å²) in [4.78, 5) is 9.03. The van der Waals surface area contributed by atoms with Gasteiger partial charge in [-0.15, -0.1) is 0 Å². The lowest BCUT2D eigenvalue weighted by Crippen LogP contribution is -2.18. The van der Waals surface area contributed by atoms with Gasteiger partial charge in [-0.3, -0.25) is 4.98 Å². The van der Waals surface area contributed by atoms with Crippen LogP contribution in [-0.4, -0.2) is 9.97 Å². The van der Waals surface area contributed by atoms with Crippen molar-refractivity contribution in [1.29, 1.82) is 0 Å². The Morgan fingerprint density at radius 1 is 1.05 bits per heavy atom. The van der Waals surface area contributed by atoms with Gasteiger partial charge in [-0.1, -0.05) is 35.9 Å². The van der Waals surface area contributed by atoms with Crippen LogP contribution in [0, 0.1) is 0 Å². The number of nitrogens with one attached hydrogen (secondary N) is 1. The van der Waals surface area contributed by atoms with Gasteiger partial charge in [-0.25, -0.2) is 4.98 Å². The Kier molecular flexibility index (Phi) is 4.13. The van der Waals surface area contributed by atoms with Crippen LogP contribution in [0.3, 0.4) is 0 Å². The Balaban J connectivity index is 1.69. The van der Waals surface area contributed by atoms with Crippen LogP contribution in [0.25, 0.3) is 11.0 Å². The standard InChI is InChI=1S/C17H16ClN3/c1-12(13-6-8-14(18)9-7-13)19-10-15-11-20-16-4-2-3-5-17(16)21-15/h2-9,11-12,19H,10H2,1H3/t12-/m1/s1. The molecule has 4 heteroatoms. The maximum Gasteiger partial charge on any atom is 0.0890 e. The van der Waals surface area contributed by atoms with Crippen LogP contribution in [0.1, 0.15) is 24.2 Å². The van der Waals surface area contributed by atoms with E-state index in [4.69, 9.17) is 11.6 Å². The van der Waals surface area contributed by atoms with Crippen molar-refractivity contribution in [2.24, 2.45) is 0 Å². The van der Waals surface area contributed by atoms with E-state index in [0.717, 1.165) is 21.7 Å². The van der Waals surface area contributed by atoms with Crippen molar-refractivity contribution in [1.82, 2.24) is 15.3 Å². The topological polar surface area (TPSA) is 37.8 Å². The van der Waals surface area contributed by atoms with Crippen LogP contribution in [-0.2, 0) is 6.54 Å². The van der Waals surface area contributed by atoms with E-state index in [1.165, 1.54) is 5.56 Å². The first-order chi connectivity index (χ1) is 10.2. The summed E-state index contributed by atoms with van der Waals surface area (Å²) < 4.78 is 0. The number of hydrogen-bond donors (Lipinski definition) is 1. The lowest BCUT2D eigenvalue weighted by atomic mass is 10.1. The highest BCUT2D eigenvalue weighted by molar-refractivity contribution is 6.30. The third-order valence-electron chi connectivity index (χ3n) is 3.46. The number of benzene rings is 2. The summed E-state index contributed by atoms with van der Waals surface area (Å²) >= 11 is 5.91. The monoisotopic (exact) mass is 297 g/mol. The summed E-state index contributed by atoms with van der Waals surface area (Å²) in [7, 11) is 0. The minimum Gasteiger partial charge on any atom is -0.305 e. The van der Waals surface area contributed by atoms with Gasteiger partial charge in [-0.05, 0) is 36.8 Å². The number of aromatic nitrogens is 2. The van der Waals surface area contributed by atoms with Crippen LogP contribution in [0.4, 0.5) is 0 Å². The molecule has 0 amide bonds. The van der Waals surface area contributed by atoms with Gasteiger partial charge < -0.3 is 5.32 Å². The highest BCUT2D eigenvalue weighted by Gasteiger charge is 2.06. The number of rotatable bonds is 4. The molecule has 2 aromatic carbocycles. The largest absolute Gasteiger partial charge is 0.305 e. The maximum absolute atomic E-state index is 5.91. The van der Waals surface area contributed by atoms with Crippen molar-refractivity contribution >= 4 is 22.6 Å². The van der Waals surface area contributed by atoms with Crippen LogP contribution < -0.4 is 5.32 Å². The zero-order valence-corrected chi connectivity index (χ0v) is 12.5. The molecular weight excluding hydrogens is 282 g/mol. The molecule has 106 valence electrons. The fourth-order valence-corrected chi connectivity index (χ4v) is 2.33. The highest BCUT2D eigenvalue weighted by atomic mass is 35.5. The maximum atomic E-state index is 5.91. The second kappa shape index (κ2) is 6.20. The normalized spacial score (nSPS) is 12.5. The van der Waals surface area contributed by atoms with Crippen molar-refractivity contribution in [3.8, 4) is 0 Å². The molecule has 0 aliphatic rings. The summed E-state index contributed by atoms with van der Waals surface area (Å²) in [5.41, 5.74) is 3.99. The van der Waals surface area contributed by atoms with Gasteiger partial charge in [0.15, 0.2) is 0 Å². The Labute approximate surface area is 129 Å². The van der Waals surface area contributed by atoms with Crippen LogP contribution >= 0.6 is 11.6 Å². The van der Waals surface area contributed by atoms with E-state index in [9.17, 15) is 0 Å². The van der Waals surface area contributed by atoms with Crippen molar-refractivity contribution < 1.29 is 0 Å². The average Bonchev–Trinajstić information content (AvgIpc) is 2.53. The van der Waals surface area contributed by atoms with Gasteiger partial charge in [0.25, 0.3) is 0 Å².